The van der Waals surface area contributed by atoms with E-state index in [1.165, 1.54) is 38.5 Å². The third-order valence-electron chi connectivity index (χ3n) is 2.42. The molecule has 0 aromatic rings. The van der Waals surface area contributed by atoms with Gasteiger partial charge in [0.2, 0.25) is 0 Å². The van der Waals surface area contributed by atoms with Gasteiger partial charge in [-0.3, -0.25) is 0 Å². The van der Waals surface area contributed by atoms with Crippen LogP contribution in [0, 0.1) is 11.8 Å². The lowest BCUT2D eigenvalue weighted by Gasteiger charge is -2.10. The molecule has 0 nitrogen and oxygen atoms in total. The Morgan fingerprint density at radius 2 is 1.67 bits per heavy atom. The van der Waals surface area contributed by atoms with Gasteiger partial charge in [0.05, 0.1) is 0 Å². The maximum absolute atomic E-state index is 2.39. The molecule has 0 aliphatic carbocycles. The molecule has 0 bridgehead atoms. The lowest BCUT2D eigenvalue weighted by atomic mass is 9.96. The Bertz CT molecular complexity index is 84.0. The Hall–Kier alpha value is 0. The molecule has 0 heteroatoms. The fourth-order valence-electron chi connectivity index (χ4n) is 1.50. The molecule has 1 radical (unpaired) electrons. The Morgan fingerprint density at radius 1 is 1.08 bits per heavy atom. The van der Waals surface area contributed by atoms with Gasteiger partial charge in [-0.05, 0) is 18.3 Å². The summed E-state index contributed by atoms with van der Waals surface area (Å²) >= 11 is 0. The van der Waals surface area contributed by atoms with E-state index in [0.29, 0.717) is 0 Å². The van der Waals surface area contributed by atoms with E-state index in [4.69, 9.17) is 0 Å². The van der Waals surface area contributed by atoms with Crippen molar-refractivity contribution in [3.05, 3.63) is 5.92 Å². The minimum absolute atomic E-state index is 0.948. The highest BCUT2D eigenvalue weighted by atomic mass is 14.1. The summed E-state index contributed by atoms with van der Waals surface area (Å²) in [5.74, 6) is 2.53. The number of hydrogen-bond donors (Lipinski definition) is 0. The molecule has 0 aliphatic heterocycles. The topological polar surface area (TPSA) is 0 Å². The molecule has 0 fully saturated rings. The zero-order chi connectivity index (χ0) is 9.40. The minimum Gasteiger partial charge on any atom is -0.0654 e. The van der Waals surface area contributed by atoms with Crippen molar-refractivity contribution >= 4 is 0 Å². The first-order valence-corrected chi connectivity index (χ1v) is 5.45. The van der Waals surface area contributed by atoms with Crippen LogP contribution in [0.2, 0.25) is 0 Å². The van der Waals surface area contributed by atoms with E-state index in [2.05, 4.69) is 27.7 Å². The first-order chi connectivity index (χ1) is 5.66. The van der Waals surface area contributed by atoms with Gasteiger partial charge in [-0.1, -0.05) is 59.8 Å². The van der Waals surface area contributed by atoms with Crippen LogP contribution < -0.4 is 0 Å². The van der Waals surface area contributed by atoms with Crippen LogP contribution in [0.5, 0.6) is 0 Å². The maximum atomic E-state index is 2.39. The van der Waals surface area contributed by atoms with Crippen LogP contribution in [-0.4, -0.2) is 0 Å². The predicted octanol–water partition coefficient (Wildman–Crippen LogP) is 4.60. The largest absolute Gasteiger partial charge is 0.0654 e. The van der Waals surface area contributed by atoms with Gasteiger partial charge in [-0.15, -0.1) is 0 Å². The van der Waals surface area contributed by atoms with Gasteiger partial charge < -0.3 is 0 Å². The smallest absolute Gasteiger partial charge is 0.0303 e. The number of unbranched alkanes of at least 4 members (excludes halogenated alkanes) is 1. The molecule has 0 saturated heterocycles. The summed E-state index contributed by atoms with van der Waals surface area (Å²) in [5, 5.41) is 0. The third kappa shape index (κ3) is 8.10. The van der Waals surface area contributed by atoms with Crippen molar-refractivity contribution in [1.82, 2.24) is 0 Å². The van der Waals surface area contributed by atoms with E-state index in [1.54, 1.807) is 5.92 Å². The molecule has 1 unspecified atom stereocenters. The van der Waals surface area contributed by atoms with E-state index >= 15 is 0 Å². The molecule has 1 atom stereocenters. The van der Waals surface area contributed by atoms with Crippen LogP contribution in [0.1, 0.15) is 66.2 Å². The second kappa shape index (κ2) is 7.64. The molecule has 0 aliphatic rings. The first-order valence-electron chi connectivity index (χ1n) is 5.45. The normalized spacial score (nSPS) is 13.8. The van der Waals surface area contributed by atoms with Crippen molar-refractivity contribution in [2.75, 3.05) is 0 Å². The number of hydrogen-bond acceptors (Lipinski definition) is 0. The van der Waals surface area contributed by atoms with E-state index in [0.717, 1.165) is 5.92 Å². The van der Waals surface area contributed by atoms with Gasteiger partial charge in [0.25, 0.3) is 0 Å². The summed E-state index contributed by atoms with van der Waals surface area (Å²) in [6.45, 7) is 9.13. The molecular weight excluding hydrogens is 144 g/mol. The van der Waals surface area contributed by atoms with E-state index in [1.807, 2.05) is 0 Å². The molecule has 0 amide bonds. The molecule has 73 valence electrons. The Morgan fingerprint density at radius 3 is 2.17 bits per heavy atom. The summed E-state index contributed by atoms with van der Waals surface area (Å²) in [7, 11) is 0. The average Bonchev–Trinajstić information content (AvgIpc) is 2.00. The Kier molecular flexibility index (Phi) is 7.64. The highest BCUT2D eigenvalue weighted by molar-refractivity contribution is 4.76. The van der Waals surface area contributed by atoms with Crippen molar-refractivity contribution in [2.24, 2.45) is 5.92 Å². The van der Waals surface area contributed by atoms with Crippen LogP contribution in [0.4, 0.5) is 0 Å². The van der Waals surface area contributed by atoms with Gasteiger partial charge >= 0.3 is 0 Å². The van der Waals surface area contributed by atoms with Crippen LogP contribution in [0.15, 0.2) is 0 Å². The van der Waals surface area contributed by atoms with Gasteiger partial charge in [-0.25, -0.2) is 0 Å². The molecule has 0 saturated carbocycles. The molecule has 0 spiro atoms. The van der Waals surface area contributed by atoms with Crippen molar-refractivity contribution in [3.63, 3.8) is 0 Å². The molecule has 12 heavy (non-hydrogen) atoms. The summed E-state index contributed by atoms with van der Waals surface area (Å²) < 4.78 is 0. The Balaban J connectivity index is 3.13. The summed E-state index contributed by atoms with van der Waals surface area (Å²) in [6, 6.07) is 0. The lowest BCUT2D eigenvalue weighted by molar-refractivity contribution is 0.452. The van der Waals surface area contributed by atoms with Crippen LogP contribution >= 0.6 is 0 Å². The second-order valence-corrected chi connectivity index (χ2v) is 4.35. The SMILES string of the molecule is CCCCC(C)CCC[C](C)C. The zero-order valence-corrected chi connectivity index (χ0v) is 9.32. The lowest BCUT2D eigenvalue weighted by Crippen LogP contribution is -1.95. The number of rotatable bonds is 7. The monoisotopic (exact) mass is 169 g/mol. The van der Waals surface area contributed by atoms with Crippen molar-refractivity contribution < 1.29 is 0 Å². The first kappa shape index (κ1) is 12.0. The van der Waals surface area contributed by atoms with Crippen molar-refractivity contribution in [1.29, 1.82) is 0 Å². The molecule has 0 N–H and O–H groups in total. The summed E-state index contributed by atoms with van der Waals surface area (Å²) in [4.78, 5) is 0. The standard InChI is InChI=1S/C12H25/c1-5-6-9-12(4)10-7-8-11(2)3/h12H,5-10H2,1-4H3. The minimum atomic E-state index is 0.948. The quantitative estimate of drug-likeness (QED) is 0.522. The maximum Gasteiger partial charge on any atom is -0.0303 e. The molecule has 0 rings (SSSR count). The van der Waals surface area contributed by atoms with Crippen LogP contribution in [0.3, 0.4) is 0 Å². The zero-order valence-electron chi connectivity index (χ0n) is 9.32. The van der Waals surface area contributed by atoms with E-state index < -0.39 is 0 Å². The van der Waals surface area contributed by atoms with Gasteiger partial charge in [-0.2, -0.15) is 0 Å². The van der Waals surface area contributed by atoms with E-state index in [-0.39, 0.29) is 0 Å². The van der Waals surface area contributed by atoms with Gasteiger partial charge in [0.1, 0.15) is 0 Å². The van der Waals surface area contributed by atoms with Crippen LogP contribution in [0.25, 0.3) is 0 Å². The highest BCUT2D eigenvalue weighted by Gasteiger charge is 2.01. The predicted molar refractivity (Wildman–Crippen MR) is 57.1 cm³/mol. The molecule has 0 aromatic heterocycles. The molecular formula is C12H25. The fraction of sp³-hybridized carbons (Fsp3) is 0.917. The fourth-order valence-corrected chi connectivity index (χ4v) is 1.50. The van der Waals surface area contributed by atoms with Crippen LogP contribution in [-0.2, 0) is 0 Å². The van der Waals surface area contributed by atoms with E-state index in [9.17, 15) is 0 Å². The average molecular weight is 169 g/mol. The molecule has 0 aromatic carbocycles. The van der Waals surface area contributed by atoms with Gasteiger partial charge in [0, 0.05) is 0 Å². The second-order valence-electron chi connectivity index (χ2n) is 4.35. The van der Waals surface area contributed by atoms with Crippen molar-refractivity contribution in [3.8, 4) is 0 Å². The van der Waals surface area contributed by atoms with Gasteiger partial charge in [0.15, 0.2) is 0 Å². The third-order valence-corrected chi connectivity index (χ3v) is 2.42. The highest BCUT2D eigenvalue weighted by Crippen LogP contribution is 2.17. The molecule has 0 heterocycles. The summed E-state index contributed by atoms with van der Waals surface area (Å²) in [5.41, 5.74) is 0. The Labute approximate surface area is 78.8 Å². The van der Waals surface area contributed by atoms with Crippen molar-refractivity contribution in [2.45, 2.75) is 66.2 Å². The summed E-state index contributed by atoms with van der Waals surface area (Å²) in [6.07, 6.45) is 8.34.